The zero-order valence-electron chi connectivity index (χ0n) is 13.0. The first-order valence-electron chi connectivity index (χ1n) is 6.82. The second-order valence-corrected chi connectivity index (χ2v) is 5.86. The van der Waals surface area contributed by atoms with Gasteiger partial charge in [-0.15, -0.1) is 0 Å². The molecule has 0 saturated heterocycles. The predicted molar refractivity (Wildman–Crippen MR) is 81.3 cm³/mol. The Morgan fingerprint density at radius 1 is 1.50 bits per heavy atom. The van der Waals surface area contributed by atoms with E-state index in [1.807, 2.05) is 52.0 Å². The van der Waals surface area contributed by atoms with Crippen LogP contribution in [0.1, 0.15) is 39.7 Å². The smallest absolute Gasteiger partial charge is 0.410 e. The van der Waals surface area contributed by atoms with Gasteiger partial charge in [-0.2, -0.15) is 0 Å². The van der Waals surface area contributed by atoms with E-state index in [0.717, 1.165) is 12.0 Å². The van der Waals surface area contributed by atoms with Crippen LogP contribution in [0.25, 0.3) is 6.08 Å². The van der Waals surface area contributed by atoms with Gasteiger partial charge in [0.2, 0.25) is 0 Å². The minimum atomic E-state index is -0.462. The van der Waals surface area contributed by atoms with Crippen LogP contribution in [-0.2, 0) is 4.74 Å². The van der Waals surface area contributed by atoms with Crippen molar-refractivity contribution in [3.8, 4) is 0 Å². The fraction of sp³-hybridized carbons (Fsp3) is 0.500. The Morgan fingerprint density at radius 2 is 2.20 bits per heavy atom. The van der Waals surface area contributed by atoms with Gasteiger partial charge in [0.05, 0.1) is 0 Å². The summed E-state index contributed by atoms with van der Waals surface area (Å²) < 4.78 is 5.34. The lowest BCUT2D eigenvalue weighted by atomic mass is 10.1. The largest absolute Gasteiger partial charge is 0.444 e. The number of aromatic nitrogens is 1. The van der Waals surface area contributed by atoms with E-state index < -0.39 is 5.60 Å². The minimum Gasteiger partial charge on any atom is -0.444 e. The molecule has 0 fully saturated rings. The quantitative estimate of drug-likeness (QED) is 0.841. The maximum absolute atomic E-state index is 11.9. The van der Waals surface area contributed by atoms with E-state index in [-0.39, 0.29) is 12.1 Å². The highest BCUT2D eigenvalue weighted by atomic mass is 16.6. The van der Waals surface area contributed by atoms with Crippen molar-refractivity contribution in [2.24, 2.45) is 0 Å². The zero-order valence-corrected chi connectivity index (χ0v) is 13.0. The first-order chi connectivity index (χ1) is 9.29. The van der Waals surface area contributed by atoms with Crippen LogP contribution in [0, 0.1) is 0 Å². The van der Waals surface area contributed by atoms with Gasteiger partial charge in [-0.3, -0.25) is 4.98 Å². The maximum atomic E-state index is 11.9. The van der Waals surface area contributed by atoms with Gasteiger partial charge in [-0.1, -0.05) is 18.2 Å². The Hall–Kier alpha value is -1.84. The molecule has 1 atom stereocenters. The summed E-state index contributed by atoms with van der Waals surface area (Å²) in [6.45, 7) is 7.60. The lowest BCUT2D eigenvalue weighted by Gasteiger charge is -2.28. The summed E-state index contributed by atoms with van der Waals surface area (Å²) in [6.07, 6.45) is 8.08. The lowest BCUT2D eigenvalue weighted by Crippen LogP contribution is -2.39. The van der Waals surface area contributed by atoms with Gasteiger partial charge in [0.1, 0.15) is 5.60 Å². The van der Waals surface area contributed by atoms with Gasteiger partial charge in [0.15, 0.2) is 0 Å². The molecule has 0 N–H and O–H groups in total. The summed E-state index contributed by atoms with van der Waals surface area (Å²) in [7, 11) is 1.76. The molecule has 0 bridgehead atoms. The second kappa shape index (κ2) is 7.08. The molecule has 0 aliphatic carbocycles. The Morgan fingerprint density at radius 3 is 2.75 bits per heavy atom. The molecule has 110 valence electrons. The highest BCUT2D eigenvalue weighted by Crippen LogP contribution is 2.12. The first-order valence-corrected chi connectivity index (χ1v) is 6.82. The van der Waals surface area contributed by atoms with Crippen LogP contribution in [0.2, 0.25) is 0 Å². The third-order valence-electron chi connectivity index (χ3n) is 2.81. The number of hydrogen-bond donors (Lipinski definition) is 0. The van der Waals surface area contributed by atoms with Crippen LogP contribution in [0.15, 0.2) is 30.6 Å². The van der Waals surface area contributed by atoms with Gasteiger partial charge >= 0.3 is 6.09 Å². The van der Waals surface area contributed by atoms with Gasteiger partial charge in [0.25, 0.3) is 0 Å². The van der Waals surface area contributed by atoms with Crippen LogP contribution < -0.4 is 0 Å². The zero-order chi connectivity index (χ0) is 15.2. The van der Waals surface area contributed by atoms with Crippen molar-refractivity contribution in [3.05, 3.63) is 36.2 Å². The van der Waals surface area contributed by atoms with Crippen molar-refractivity contribution in [3.63, 3.8) is 0 Å². The van der Waals surface area contributed by atoms with Crippen molar-refractivity contribution in [1.29, 1.82) is 0 Å². The lowest BCUT2D eigenvalue weighted by molar-refractivity contribution is 0.0238. The minimum absolute atomic E-state index is 0.0813. The first kappa shape index (κ1) is 16.2. The van der Waals surface area contributed by atoms with Crippen LogP contribution in [-0.4, -0.2) is 34.7 Å². The monoisotopic (exact) mass is 276 g/mol. The summed E-state index contributed by atoms with van der Waals surface area (Å²) >= 11 is 0. The highest BCUT2D eigenvalue weighted by Gasteiger charge is 2.22. The number of carbonyl (C=O) groups excluding carboxylic acids is 1. The molecule has 0 aliphatic heterocycles. The molecule has 1 aromatic heterocycles. The molecular weight excluding hydrogens is 252 g/mol. The summed E-state index contributed by atoms with van der Waals surface area (Å²) in [5.41, 5.74) is 0.594. The molecule has 20 heavy (non-hydrogen) atoms. The fourth-order valence-corrected chi connectivity index (χ4v) is 1.55. The summed E-state index contributed by atoms with van der Waals surface area (Å²) in [5, 5.41) is 0. The van der Waals surface area contributed by atoms with Crippen molar-refractivity contribution in [2.45, 2.75) is 45.8 Å². The van der Waals surface area contributed by atoms with E-state index in [2.05, 4.69) is 4.98 Å². The Labute approximate surface area is 121 Å². The molecule has 4 heteroatoms. The summed E-state index contributed by atoms with van der Waals surface area (Å²) in [5.74, 6) is 0. The molecule has 4 nitrogen and oxygen atoms in total. The number of pyridine rings is 1. The maximum Gasteiger partial charge on any atom is 0.410 e. The fourth-order valence-electron chi connectivity index (χ4n) is 1.55. The number of hydrogen-bond acceptors (Lipinski definition) is 3. The topological polar surface area (TPSA) is 42.4 Å². The number of ether oxygens (including phenoxy) is 1. The standard InChI is InChI=1S/C16H24N2O2/c1-13(18(5)15(19)20-16(2,3)4)8-6-9-14-10-7-11-17-12-14/h6-7,9-13H,8H2,1-5H3/b9-6+. The normalized spacial score (nSPS) is 13.2. The van der Waals surface area contributed by atoms with E-state index in [9.17, 15) is 4.79 Å². The van der Waals surface area contributed by atoms with Crippen molar-refractivity contribution in [1.82, 2.24) is 9.88 Å². The van der Waals surface area contributed by atoms with E-state index in [1.165, 1.54) is 0 Å². The average molecular weight is 276 g/mol. The molecular formula is C16H24N2O2. The molecule has 0 spiro atoms. The number of rotatable bonds is 4. The van der Waals surface area contributed by atoms with Crippen molar-refractivity contribution >= 4 is 12.2 Å². The Balaban J connectivity index is 2.48. The average Bonchev–Trinajstić information content (AvgIpc) is 2.37. The second-order valence-electron chi connectivity index (χ2n) is 5.86. The van der Waals surface area contributed by atoms with Gasteiger partial charge in [0, 0.05) is 25.5 Å². The van der Waals surface area contributed by atoms with E-state index in [1.54, 1.807) is 24.3 Å². The molecule has 1 unspecified atom stereocenters. The third kappa shape index (κ3) is 5.87. The number of carbonyl (C=O) groups is 1. The molecule has 0 saturated carbocycles. The summed E-state index contributed by atoms with van der Waals surface area (Å²) in [4.78, 5) is 17.6. The van der Waals surface area contributed by atoms with Crippen molar-refractivity contribution in [2.75, 3.05) is 7.05 Å². The van der Waals surface area contributed by atoms with Crippen LogP contribution in [0.4, 0.5) is 4.79 Å². The van der Waals surface area contributed by atoms with Crippen molar-refractivity contribution < 1.29 is 9.53 Å². The molecule has 1 rings (SSSR count). The van der Waals surface area contributed by atoms with E-state index in [0.29, 0.717) is 0 Å². The summed E-state index contributed by atoms with van der Waals surface area (Å²) in [6, 6.07) is 3.97. The molecule has 0 radical (unpaired) electrons. The van der Waals surface area contributed by atoms with Crippen LogP contribution in [0.5, 0.6) is 0 Å². The van der Waals surface area contributed by atoms with Gasteiger partial charge < -0.3 is 9.64 Å². The Kier molecular flexibility index (Phi) is 5.74. The molecule has 0 aliphatic rings. The molecule has 1 heterocycles. The van der Waals surface area contributed by atoms with Gasteiger partial charge in [-0.05, 0) is 45.7 Å². The predicted octanol–water partition coefficient (Wildman–Crippen LogP) is 3.74. The van der Waals surface area contributed by atoms with Gasteiger partial charge in [-0.25, -0.2) is 4.79 Å². The molecule has 0 aromatic carbocycles. The molecule has 1 aromatic rings. The molecule has 1 amide bonds. The van der Waals surface area contributed by atoms with Crippen LogP contribution in [0.3, 0.4) is 0 Å². The van der Waals surface area contributed by atoms with E-state index in [4.69, 9.17) is 4.74 Å². The van der Waals surface area contributed by atoms with Crippen LogP contribution >= 0.6 is 0 Å². The van der Waals surface area contributed by atoms with E-state index >= 15 is 0 Å². The number of amides is 1. The number of nitrogens with zero attached hydrogens (tertiary/aromatic N) is 2. The SMILES string of the molecule is CC(C/C=C/c1cccnc1)N(C)C(=O)OC(C)(C)C. The Bertz CT molecular complexity index is 449. The third-order valence-corrected chi connectivity index (χ3v) is 2.81. The highest BCUT2D eigenvalue weighted by molar-refractivity contribution is 5.68.